The Bertz CT molecular complexity index is 622. The number of likely N-dealkylation sites (tertiary alicyclic amines) is 1. The van der Waals surface area contributed by atoms with Gasteiger partial charge in [0.2, 0.25) is 0 Å². The average Bonchev–Trinajstić information content (AvgIpc) is 2.93. The minimum atomic E-state index is -3.32. The second-order valence-electron chi connectivity index (χ2n) is 5.47. The lowest BCUT2D eigenvalue weighted by molar-refractivity contribution is 0.341. The Hall–Kier alpha value is -1.42. The Morgan fingerprint density at radius 3 is 3.00 bits per heavy atom. The minimum absolute atomic E-state index is 0.105. The van der Waals surface area contributed by atoms with Crippen molar-refractivity contribution in [3.63, 3.8) is 0 Å². The highest BCUT2D eigenvalue weighted by Gasteiger charge is 2.24. The number of hydrogen-bond donors (Lipinski definition) is 1. The van der Waals surface area contributed by atoms with Crippen LogP contribution in [0.5, 0.6) is 0 Å². The van der Waals surface area contributed by atoms with Crippen LogP contribution < -0.4 is 5.32 Å². The molecule has 1 aromatic carbocycles. The van der Waals surface area contributed by atoms with E-state index in [1.54, 1.807) is 18.2 Å². The molecule has 0 spiro atoms. The largest absolute Gasteiger partial charge is 0.319 e. The van der Waals surface area contributed by atoms with Crippen molar-refractivity contribution in [1.29, 1.82) is 5.26 Å². The Balaban J connectivity index is 1.94. The Morgan fingerprint density at radius 1 is 1.48 bits per heavy atom. The number of nitrogens with zero attached hydrogens (tertiary/aromatic N) is 2. The first-order valence-electron chi connectivity index (χ1n) is 7.15. The van der Waals surface area contributed by atoms with Gasteiger partial charge in [0.25, 0.3) is 0 Å². The van der Waals surface area contributed by atoms with Crippen molar-refractivity contribution in [2.24, 2.45) is 5.92 Å². The number of rotatable bonds is 6. The molecule has 1 N–H and O–H groups in total. The molecule has 0 amide bonds. The molecule has 0 bridgehead atoms. The standard InChI is InChI=1S/C15H21N3O2S/c1-17-11-14-5-6-18(12-14)7-8-21(19,20)15-4-2-3-13(9-15)10-16/h2-4,9,14,17H,5-8,11-12H2,1H3. The van der Waals surface area contributed by atoms with Crippen LogP contribution in [-0.2, 0) is 9.84 Å². The van der Waals surface area contributed by atoms with Crippen molar-refractivity contribution in [3.8, 4) is 6.07 Å². The van der Waals surface area contributed by atoms with Crippen molar-refractivity contribution in [2.45, 2.75) is 11.3 Å². The van der Waals surface area contributed by atoms with Crippen LogP contribution in [0.1, 0.15) is 12.0 Å². The molecule has 2 rings (SSSR count). The fraction of sp³-hybridized carbons (Fsp3) is 0.533. The van der Waals surface area contributed by atoms with E-state index in [1.807, 2.05) is 13.1 Å². The summed E-state index contributed by atoms with van der Waals surface area (Å²) in [5.74, 6) is 0.716. The predicted molar refractivity (Wildman–Crippen MR) is 81.7 cm³/mol. The van der Waals surface area contributed by atoms with Gasteiger partial charge in [-0.3, -0.25) is 0 Å². The predicted octanol–water partition coefficient (Wildman–Crippen LogP) is 0.873. The Kier molecular flexibility index (Phi) is 5.34. The quantitative estimate of drug-likeness (QED) is 0.844. The van der Waals surface area contributed by atoms with Crippen molar-refractivity contribution in [2.75, 3.05) is 39.0 Å². The lowest BCUT2D eigenvalue weighted by atomic mass is 10.1. The molecule has 0 aliphatic carbocycles. The molecule has 1 atom stereocenters. The summed E-state index contributed by atoms with van der Waals surface area (Å²) in [6.07, 6.45) is 1.12. The molecule has 1 fully saturated rings. The van der Waals surface area contributed by atoms with Crippen molar-refractivity contribution in [1.82, 2.24) is 10.2 Å². The maximum atomic E-state index is 12.3. The van der Waals surface area contributed by atoms with E-state index in [0.717, 1.165) is 26.1 Å². The van der Waals surface area contributed by atoms with Gasteiger partial charge in [-0.1, -0.05) is 6.07 Å². The fourth-order valence-electron chi connectivity index (χ4n) is 2.70. The van der Waals surface area contributed by atoms with Crippen LogP contribution in [0.2, 0.25) is 0 Å². The molecule has 1 unspecified atom stereocenters. The number of nitrogens with one attached hydrogen (secondary N) is 1. The topological polar surface area (TPSA) is 73.2 Å². The van der Waals surface area contributed by atoms with E-state index < -0.39 is 9.84 Å². The average molecular weight is 307 g/mol. The van der Waals surface area contributed by atoms with Gasteiger partial charge < -0.3 is 10.2 Å². The SMILES string of the molecule is CNCC1CCN(CCS(=O)(=O)c2cccc(C#N)c2)C1. The summed E-state index contributed by atoms with van der Waals surface area (Å²) >= 11 is 0. The molecule has 5 nitrogen and oxygen atoms in total. The monoisotopic (exact) mass is 307 g/mol. The van der Waals surface area contributed by atoms with Gasteiger partial charge >= 0.3 is 0 Å². The lowest BCUT2D eigenvalue weighted by Crippen LogP contribution is -2.29. The first-order valence-corrected chi connectivity index (χ1v) is 8.80. The van der Waals surface area contributed by atoms with Crippen LogP contribution in [0.25, 0.3) is 0 Å². The van der Waals surface area contributed by atoms with E-state index in [4.69, 9.17) is 5.26 Å². The van der Waals surface area contributed by atoms with Gasteiger partial charge in [0, 0.05) is 13.1 Å². The molecule has 1 aliphatic heterocycles. The molecule has 0 aromatic heterocycles. The second kappa shape index (κ2) is 7.03. The summed E-state index contributed by atoms with van der Waals surface area (Å²) in [6, 6.07) is 8.21. The highest BCUT2D eigenvalue weighted by atomic mass is 32.2. The third kappa shape index (κ3) is 4.27. The van der Waals surface area contributed by atoms with E-state index in [1.165, 1.54) is 6.07 Å². The molecule has 1 saturated heterocycles. The number of sulfone groups is 1. The van der Waals surface area contributed by atoms with Gasteiger partial charge in [-0.15, -0.1) is 0 Å². The molecule has 21 heavy (non-hydrogen) atoms. The number of nitriles is 1. The maximum absolute atomic E-state index is 12.3. The Morgan fingerprint density at radius 2 is 2.29 bits per heavy atom. The highest BCUT2D eigenvalue weighted by molar-refractivity contribution is 7.91. The Labute approximate surface area is 126 Å². The maximum Gasteiger partial charge on any atom is 0.179 e. The van der Waals surface area contributed by atoms with Gasteiger partial charge in [-0.05, 0) is 50.7 Å². The van der Waals surface area contributed by atoms with Crippen LogP contribution >= 0.6 is 0 Å². The number of hydrogen-bond acceptors (Lipinski definition) is 5. The summed E-state index contributed by atoms with van der Waals surface area (Å²) in [6.45, 7) is 3.45. The second-order valence-corrected chi connectivity index (χ2v) is 7.58. The third-order valence-corrected chi connectivity index (χ3v) is 5.55. The van der Waals surface area contributed by atoms with Gasteiger partial charge in [0.15, 0.2) is 9.84 Å². The normalized spacial score (nSPS) is 19.5. The van der Waals surface area contributed by atoms with Crippen LogP contribution in [0.3, 0.4) is 0 Å². The van der Waals surface area contributed by atoms with Crippen LogP contribution in [0, 0.1) is 17.2 Å². The molecule has 1 aliphatic rings. The zero-order valence-electron chi connectivity index (χ0n) is 12.2. The molecular weight excluding hydrogens is 286 g/mol. The smallest absolute Gasteiger partial charge is 0.179 e. The van der Waals surface area contributed by atoms with Gasteiger partial charge in [-0.2, -0.15) is 5.26 Å². The van der Waals surface area contributed by atoms with Crippen LogP contribution in [0.4, 0.5) is 0 Å². The molecule has 1 heterocycles. The summed E-state index contributed by atoms with van der Waals surface area (Å²) in [5, 5.41) is 12.0. The first-order chi connectivity index (χ1) is 10.0. The third-order valence-electron chi connectivity index (χ3n) is 3.86. The molecule has 114 valence electrons. The van der Waals surface area contributed by atoms with Crippen molar-refractivity contribution in [3.05, 3.63) is 29.8 Å². The fourth-order valence-corrected chi connectivity index (χ4v) is 4.02. The molecule has 1 aromatic rings. The van der Waals surface area contributed by atoms with Gasteiger partial charge in [0.05, 0.1) is 22.3 Å². The lowest BCUT2D eigenvalue weighted by Gasteiger charge is -2.16. The highest BCUT2D eigenvalue weighted by Crippen LogP contribution is 2.17. The van der Waals surface area contributed by atoms with E-state index in [2.05, 4.69) is 10.2 Å². The van der Waals surface area contributed by atoms with Crippen molar-refractivity contribution >= 4 is 9.84 Å². The number of benzene rings is 1. The van der Waals surface area contributed by atoms with E-state index in [-0.39, 0.29) is 10.6 Å². The van der Waals surface area contributed by atoms with Crippen molar-refractivity contribution < 1.29 is 8.42 Å². The molecular formula is C15H21N3O2S. The van der Waals surface area contributed by atoms with E-state index in [0.29, 0.717) is 18.0 Å². The summed E-state index contributed by atoms with van der Waals surface area (Å²) < 4.78 is 24.6. The zero-order valence-corrected chi connectivity index (χ0v) is 13.1. The molecule has 6 heteroatoms. The summed E-state index contributed by atoms with van der Waals surface area (Å²) in [5.41, 5.74) is 0.381. The molecule has 0 radical (unpaired) electrons. The van der Waals surface area contributed by atoms with Gasteiger partial charge in [-0.25, -0.2) is 8.42 Å². The zero-order chi connectivity index (χ0) is 15.3. The van der Waals surface area contributed by atoms with Gasteiger partial charge in [0.1, 0.15) is 0 Å². The molecule has 0 saturated carbocycles. The summed E-state index contributed by atoms with van der Waals surface area (Å²) in [4.78, 5) is 2.45. The minimum Gasteiger partial charge on any atom is -0.319 e. The van der Waals surface area contributed by atoms with E-state index in [9.17, 15) is 8.42 Å². The summed E-state index contributed by atoms with van der Waals surface area (Å²) in [7, 11) is -1.38. The van der Waals surface area contributed by atoms with Crippen LogP contribution in [0.15, 0.2) is 29.2 Å². The van der Waals surface area contributed by atoms with Crippen LogP contribution in [-0.4, -0.2) is 52.3 Å². The first kappa shape index (κ1) is 16.0. The van der Waals surface area contributed by atoms with E-state index >= 15 is 0 Å².